The van der Waals surface area contributed by atoms with Crippen molar-refractivity contribution in [3.05, 3.63) is 23.3 Å². The summed E-state index contributed by atoms with van der Waals surface area (Å²) in [6, 6.07) is 3.22. The third kappa shape index (κ3) is 3.13. The molecule has 0 saturated carbocycles. The van der Waals surface area contributed by atoms with Gasteiger partial charge >= 0.3 is 5.97 Å². The highest BCUT2D eigenvalue weighted by Gasteiger charge is 2.20. The van der Waals surface area contributed by atoms with E-state index in [1.54, 1.807) is 12.1 Å². The normalized spacial score (nSPS) is 10.0. The SMILES string of the molecule is CCOc1cc(CO)cc(OCC)c1C(=O)OC. The van der Waals surface area contributed by atoms with Crippen molar-refractivity contribution in [3.8, 4) is 11.5 Å². The molecule has 0 aliphatic carbocycles. The molecular weight excluding hydrogens is 236 g/mol. The second kappa shape index (κ2) is 6.86. The minimum absolute atomic E-state index is 0.151. The largest absolute Gasteiger partial charge is 0.493 e. The van der Waals surface area contributed by atoms with Crippen molar-refractivity contribution in [1.29, 1.82) is 0 Å². The highest BCUT2D eigenvalue weighted by Crippen LogP contribution is 2.31. The molecule has 5 nitrogen and oxygen atoms in total. The monoisotopic (exact) mass is 254 g/mol. The van der Waals surface area contributed by atoms with Crippen molar-refractivity contribution in [2.75, 3.05) is 20.3 Å². The standard InChI is InChI=1S/C13H18O5/c1-4-17-10-6-9(8-14)7-11(18-5-2)12(10)13(15)16-3/h6-7,14H,4-5,8H2,1-3H3. The molecule has 0 bridgehead atoms. The molecule has 100 valence electrons. The molecule has 1 aromatic rings. The molecule has 0 aliphatic rings. The molecule has 5 heteroatoms. The second-order valence-electron chi connectivity index (χ2n) is 3.48. The van der Waals surface area contributed by atoms with Gasteiger partial charge in [0, 0.05) is 0 Å². The number of benzene rings is 1. The van der Waals surface area contributed by atoms with Gasteiger partial charge in [0.1, 0.15) is 17.1 Å². The highest BCUT2D eigenvalue weighted by molar-refractivity contribution is 5.95. The third-order valence-corrected chi connectivity index (χ3v) is 2.30. The van der Waals surface area contributed by atoms with E-state index >= 15 is 0 Å². The van der Waals surface area contributed by atoms with Gasteiger partial charge in [-0.05, 0) is 31.5 Å². The van der Waals surface area contributed by atoms with Gasteiger partial charge in [-0.2, -0.15) is 0 Å². The Morgan fingerprint density at radius 3 is 2.00 bits per heavy atom. The van der Waals surface area contributed by atoms with Crippen LogP contribution in [-0.2, 0) is 11.3 Å². The van der Waals surface area contributed by atoms with E-state index in [2.05, 4.69) is 0 Å². The van der Waals surface area contributed by atoms with Crippen LogP contribution in [0.2, 0.25) is 0 Å². The molecule has 0 amide bonds. The van der Waals surface area contributed by atoms with Crippen molar-refractivity contribution in [2.24, 2.45) is 0 Å². The summed E-state index contributed by atoms with van der Waals surface area (Å²) in [4.78, 5) is 11.8. The molecule has 0 atom stereocenters. The Kier molecular flexibility index (Phi) is 5.45. The number of carbonyl (C=O) groups is 1. The van der Waals surface area contributed by atoms with E-state index in [0.717, 1.165) is 0 Å². The highest BCUT2D eigenvalue weighted by atomic mass is 16.5. The Hall–Kier alpha value is -1.75. The maximum atomic E-state index is 11.8. The predicted molar refractivity (Wildman–Crippen MR) is 66.0 cm³/mol. The average molecular weight is 254 g/mol. The lowest BCUT2D eigenvalue weighted by Gasteiger charge is -2.15. The lowest BCUT2D eigenvalue weighted by atomic mass is 10.1. The van der Waals surface area contributed by atoms with E-state index in [0.29, 0.717) is 30.3 Å². The quantitative estimate of drug-likeness (QED) is 0.784. The summed E-state index contributed by atoms with van der Waals surface area (Å²) in [6.07, 6.45) is 0. The van der Waals surface area contributed by atoms with Crippen molar-refractivity contribution in [1.82, 2.24) is 0 Å². The number of aliphatic hydroxyl groups is 1. The van der Waals surface area contributed by atoms with Gasteiger partial charge in [-0.25, -0.2) is 4.79 Å². The predicted octanol–water partition coefficient (Wildman–Crippen LogP) is 1.76. The Balaban J connectivity index is 3.34. The molecule has 0 aromatic heterocycles. The number of aliphatic hydroxyl groups excluding tert-OH is 1. The molecule has 0 unspecified atom stereocenters. The van der Waals surface area contributed by atoms with Crippen LogP contribution in [0, 0.1) is 0 Å². The van der Waals surface area contributed by atoms with E-state index < -0.39 is 5.97 Å². The summed E-state index contributed by atoms with van der Waals surface area (Å²) < 4.78 is 15.5. The van der Waals surface area contributed by atoms with Crippen LogP contribution in [0.4, 0.5) is 0 Å². The molecule has 18 heavy (non-hydrogen) atoms. The fraction of sp³-hybridized carbons (Fsp3) is 0.462. The Morgan fingerprint density at radius 1 is 1.17 bits per heavy atom. The molecule has 0 radical (unpaired) electrons. The fourth-order valence-electron chi connectivity index (χ4n) is 1.58. The summed E-state index contributed by atoms with van der Waals surface area (Å²) in [5, 5.41) is 9.18. The van der Waals surface area contributed by atoms with Gasteiger partial charge in [0.2, 0.25) is 0 Å². The zero-order chi connectivity index (χ0) is 13.5. The summed E-state index contributed by atoms with van der Waals surface area (Å²) in [5.41, 5.74) is 0.868. The van der Waals surface area contributed by atoms with E-state index in [9.17, 15) is 9.90 Å². The van der Waals surface area contributed by atoms with Gasteiger partial charge < -0.3 is 19.3 Å². The van der Waals surface area contributed by atoms with E-state index in [1.807, 2.05) is 13.8 Å². The van der Waals surface area contributed by atoms with Crippen LogP contribution in [0.5, 0.6) is 11.5 Å². The van der Waals surface area contributed by atoms with Gasteiger partial charge in [-0.15, -0.1) is 0 Å². The van der Waals surface area contributed by atoms with Crippen LogP contribution < -0.4 is 9.47 Å². The van der Waals surface area contributed by atoms with Gasteiger partial charge in [-0.1, -0.05) is 0 Å². The maximum Gasteiger partial charge on any atom is 0.345 e. The smallest absolute Gasteiger partial charge is 0.345 e. The fourth-order valence-corrected chi connectivity index (χ4v) is 1.58. The number of carbonyl (C=O) groups excluding carboxylic acids is 1. The third-order valence-electron chi connectivity index (χ3n) is 2.30. The molecule has 0 spiro atoms. The molecule has 1 aromatic carbocycles. The van der Waals surface area contributed by atoms with Crippen LogP contribution in [0.25, 0.3) is 0 Å². The van der Waals surface area contributed by atoms with Gasteiger partial charge in [0.05, 0.1) is 26.9 Å². The molecule has 0 heterocycles. The molecular formula is C13H18O5. The Bertz CT molecular complexity index is 387. The summed E-state index contributed by atoms with van der Waals surface area (Å²) in [5.74, 6) is 0.199. The molecule has 1 N–H and O–H groups in total. The first kappa shape index (κ1) is 14.3. The second-order valence-corrected chi connectivity index (χ2v) is 3.48. The Morgan fingerprint density at radius 2 is 1.67 bits per heavy atom. The lowest BCUT2D eigenvalue weighted by Crippen LogP contribution is -2.10. The number of ether oxygens (including phenoxy) is 3. The summed E-state index contributed by atoms with van der Waals surface area (Å²) in [6.45, 7) is 4.29. The minimum atomic E-state index is -0.522. The van der Waals surface area contributed by atoms with Crippen LogP contribution in [0.15, 0.2) is 12.1 Å². The van der Waals surface area contributed by atoms with Crippen LogP contribution in [0.3, 0.4) is 0 Å². The van der Waals surface area contributed by atoms with Crippen molar-refractivity contribution in [3.63, 3.8) is 0 Å². The lowest BCUT2D eigenvalue weighted by molar-refractivity contribution is 0.0591. The Labute approximate surface area is 106 Å². The van der Waals surface area contributed by atoms with E-state index in [4.69, 9.17) is 14.2 Å². The van der Waals surface area contributed by atoms with Crippen molar-refractivity contribution < 1.29 is 24.1 Å². The number of esters is 1. The van der Waals surface area contributed by atoms with Gasteiger partial charge in [-0.3, -0.25) is 0 Å². The summed E-state index contributed by atoms with van der Waals surface area (Å²) in [7, 11) is 1.30. The zero-order valence-electron chi connectivity index (χ0n) is 10.9. The molecule has 0 fully saturated rings. The summed E-state index contributed by atoms with van der Waals surface area (Å²) >= 11 is 0. The number of hydrogen-bond donors (Lipinski definition) is 1. The first-order valence-corrected chi connectivity index (χ1v) is 5.79. The first-order valence-electron chi connectivity index (χ1n) is 5.79. The number of rotatable bonds is 6. The zero-order valence-corrected chi connectivity index (χ0v) is 10.9. The van der Waals surface area contributed by atoms with Gasteiger partial charge in [0.15, 0.2) is 0 Å². The first-order chi connectivity index (χ1) is 8.67. The molecule has 1 rings (SSSR count). The topological polar surface area (TPSA) is 65.0 Å². The van der Waals surface area contributed by atoms with E-state index in [-0.39, 0.29) is 12.2 Å². The van der Waals surface area contributed by atoms with Crippen LogP contribution >= 0.6 is 0 Å². The minimum Gasteiger partial charge on any atom is -0.493 e. The molecule has 0 aliphatic heterocycles. The maximum absolute atomic E-state index is 11.8. The number of methoxy groups -OCH3 is 1. The number of hydrogen-bond acceptors (Lipinski definition) is 5. The van der Waals surface area contributed by atoms with Crippen molar-refractivity contribution >= 4 is 5.97 Å². The van der Waals surface area contributed by atoms with Crippen molar-refractivity contribution in [2.45, 2.75) is 20.5 Å². The van der Waals surface area contributed by atoms with E-state index in [1.165, 1.54) is 7.11 Å². The van der Waals surface area contributed by atoms with Gasteiger partial charge in [0.25, 0.3) is 0 Å². The molecule has 0 saturated heterocycles. The van der Waals surface area contributed by atoms with Crippen LogP contribution in [-0.4, -0.2) is 31.4 Å². The van der Waals surface area contributed by atoms with Crippen LogP contribution in [0.1, 0.15) is 29.8 Å². The average Bonchev–Trinajstić information content (AvgIpc) is 2.38.